The van der Waals surface area contributed by atoms with Crippen LogP contribution in [0.4, 0.5) is 0 Å². The fraction of sp³-hybridized carbons (Fsp3) is 0.476. The molecule has 1 fully saturated rings. The molecular formula is C21H26N6O2. The molecule has 4 heterocycles. The summed E-state index contributed by atoms with van der Waals surface area (Å²) in [4.78, 5) is 27.8. The first-order valence-corrected chi connectivity index (χ1v) is 9.95. The summed E-state index contributed by atoms with van der Waals surface area (Å²) in [5.74, 6) is 2.37. The summed E-state index contributed by atoms with van der Waals surface area (Å²) in [6.07, 6.45) is 7.09. The Hall–Kier alpha value is -3.03. The lowest BCUT2D eigenvalue weighted by molar-refractivity contribution is 0.0692. The number of amides is 1. The highest BCUT2D eigenvalue weighted by Crippen LogP contribution is 2.24. The standard InChI is InChI=1S/C21H26N6O2/c1-14-6-9-26(10-7-14)19(28)16-12-27(13-23-16)17-11-15(5-8-22-17)18-24-20(25-29-18)21(2,3)4/h5,8,11-14H,6-7,9-10H2,1-4H3. The van der Waals surface area contributed by atoms with Gasteiger partial charge in [0, 0.05) is 36.5 Å². The van der Waals surface area contributed by atoms with Gasteiger partial charge in [0.2, 0.25) is 0 Å². The van der Waals surface area contributed by atoms with Crippen LogP contribution in [-0.4, -0.2) is 48.6 Å². The molecule has 4 rings (SSSR count). The molecule has 3 aromatic heterocycles. The highest BCUT2D eigenvalue weighted by Gasteiger charge is 2.24. The lowest BCUT2D eigenvalue weighted by Gasteiger charge is -2.29. The van der Waals surface area contributed by atoms with Crippen LogP contribution in [-0.2, 0) is 5.41 Å². The largest absolute Gasteiger partial charge is 0.337 e. The van der Waals surface area contributed by atoms with Gasteiger partial charge in [0.1, 0.15) is 17.8 Å². The zero-order valence-electron chi connectivity index (χ0n) is 17.3. The lowest BCUT2D eigenvalue weighted by atomic mass is 9.96. The minimum absolute atomic E-state index is 0.0291. The van der Waals surface area contributed by atoms with E-state index in [4.69, 9.17) is 4.52 Å². The molecular weight excluding hydrogens is 368 g/mol. The number of hydrogen-bond donors (Lipinski definition) is 0. The molecule has 152 valence electrons. The Bertz CT molecular complexity index is 1010. The third-order valence-corrected chi connectivity index (χ3v) is 5.23. The van der Waals surface area contributed by atoms with Crippen LogP contribution in [0.2, 0.25) is 0 Å². The number of aromatic nitrogens is 5. The molecule has 1 aliphatic heterocycles. The van der Waals surface area contributed by atoms with E-state index in [0.29, 0.717) is 29.1 Å². The second-order valence-electron chi connectivity index (χ2n) is 8.72. The third kappa shape index (κ3) is 4.06. The molecule has 0 aromatic carbocycles. The van der Waals surface area contributed by atoms with Gasteiger partial charge in [-0.2, -0.15) is 4.98 Å². The van der Waals surface area contributed by atoms with E-state index in [-0.39, 0.29) is 11.3 Å². The summed E-state index contributed by atoms with van der Waals surface area (Å²) in [5.41, 5.74) is 1.01. The first-order valence-electron chi connectivity index (χ1n) is 9.95. The maximum Gasteiger partial charge on any atom is 0.274 e. The van der Waals surface area contributed by atoms with Crippen LogP contribution in [0.3, 0.4) is 0 Å². The van der Waals surface area contributed by atoms with Gasteiger partial charge in [0.15, 0.2) is 5.82 Å². The molecule has 0 bridgehead atoms. The van der Waals surface area contributed by atoms with Crippen LogP contribution in [0.15, 0.2) is 35.4 Å². The average molecular weight is 394 g/mol. The molecule has 29 heavy (non-hydrogen) atoms. The first kappa shape index (κ1) is 19.3. The summed E-state index contributed by atoms with van der Waals surface area (Å²) >= 11 is 0. The first-order chi connectivity index (χ1) is 13.8. The molecule has 1 aliphatic rings. The van der Waals surface area contributed by atoms with Gasteiger partial charge in [-0.1, -0.05) is 32.9 Å². The van der Waals surface area contributed by atoms with Crippen molar-refractivity contribution in [1.82, 2.24) is 29.6 Å². The van der Waals surface area contributed by atoms with Gasteiger partial charge in [-0.3, -0.25) is 9.36 Å². The highest BCUT2D eigenvalue weighted by atomic mass is 16.5. The van der Waals surface area contributed by atoms with Gasteiger partial charge in [-0.25, -0.2) is 9.97 Å². The molecule has 0 aliphatic carbocycles. The van der Waals surface area contributed by atoms with E-state index < -0.39 is 0 Å². The third-order valence-electron chi connectivity index (χ3n) is 5.23. The van der Waals surface area contributed by atoms with E-state index in [2.05, 4.69) is 27.0 Å². The zero-order valence-corrected chi connectivity index (χ0v) is 17.3. The van der Waals surface area contributed by atoms with Crippen molar-refractivity contribution < 1.29 is 9.32 Å². The highest BCUT2D eigenvalue weighted by molar-refractivity contribution is 5.92. The zero-order chi connectivity index (χ0) is 20.6. The van der Waals surface area contributed by atoms with Gasteiger partial charge >= 0.3 is 0 Å². The second kappa shape index (κ2) is 7.42. The van der Waals surface area contributed by atoms with Crippen LogP contribution in [0.5, 0.6) is 0 Å². The molecule has 0 spiro atoms. The van der Waals surface area contributed by atoms with E-state index >= 15 is 0 Å². The minimum Gasteiger partial charge on any atom is -0.337 e. The number of hydrogen-bond acceptors (Lipinski definition) is 6. The van der Waals surface area contributed by atoms with Crippen molar-refractivity contribution >= 4 is 5.91 Å². The SMILES string of the molecule is CC1CCN(C(=O)c2cn(-c3cc(-c4nc(C(C)(C)C)no4)ccn3)cn2)CC1. The number of piperidine rings is 1. The van der Waals surface area contributed by atoms with E-state index in [9.17, 15) is 4.79 Å². The number of pyridine rings is 1. The predicted octanol–water partition coefficient (Wildman–Crippen LogP) is 3.49. The van der Waals surface area contributed by atoms with Gasteiger partial charge in [-0.15, -0.1) is 0 Å². The Balaban J connectivity index is 1.55. The van der Waals surface area contributed by atoms with E-state index in [1.165, 1.54) is 0 Å². The van der Waals surface area contributed by atoms with Crippen molar-refractivity contribution in [3.63, 3.8) is 0 Å². The van der Waals surface area contributed by atoms with Crippen LogP contribution in [0.25, 0.3) is 17.3 Å². The molecule has 0 unspecified atom stereocenters. The van der Waals surface area contributed by atoms with Crippen molar-refractivity contribution in [1.29, 1.82) is 0 Å². The summed E-state index contributed by atoms with van der Waals surface area (Å²) in [6, 6.07) is 3.67. The Morgan fingerprint density at radius 2 is 1.97 bits per heavy atom. The summed E-state index contributed by atoms with van der Waals surface area (Å²) in [5, 5.41) is 4.07. The number of carbonyl (C=O) groups excluding carboxylic acids is 1. The summed E-state index contributed by atoms with van der Waals surface area (Å²) < 4.78 is 7.17. The quantitative estimate of drug-likeness (QED) is 0.675. The van der Waals surface area contributed by atoms with Crippen molar-refractivity contribution in [2.75, 3.05) is 13.1 Å². The average Bonchev–Trinajstić information content (AvgIpc) is 3.38. The number of imidazole rings is 1. The molecule has 3 aromatic rings. The Morgan fingerprint density at radius 1 is 1.21 bits per heavy atom. The predicted molar refractivity (Wildman–Crippen MR) is 108 cm³/mol. The molecule has 0 atom stereocenters. The molecule has 8 heteroatoms. The number of nitrogens with zero attached hydrogens (tertiary/aromatic N) is 6. The normalized spacial score (nSPS) is 15.7. The minimum atomic E-state index is -0.191. The van der Waals surface area contributed by atoms with E-state index in [1.807, 2.05) is 37.8 Å². The van der Waals surface area contributed by atoms with Crippen LogP contribution < -0.4 is 0 Å². The topological polar surface area (TPSA) is 89.9 Å². The van der Waals surface area contributed by atoms with Gasteiger partial charge < -0.3 is 9.42 Å². The Labute approximate surface area is 170 Å². The smallest absolute Gasteiger partial charge is 0.274 e. The van der Waals surface area contributed by atoms with Crippen molar-refractivity contribution in [2.45, 2.75) is 46.0 Å². The monoisotopic (exact) mass is 394 g/mol. The van der Waals surface area contributed by atoms with Crippen molar-refractivity contribution in [3.8, 4) is 17.3 Å². The van der Waals surface area contributed by atoms with Crippen molar-refractivity contribution in [3.05, 3.63) is 42.4 Å². The molecule has 8 nitrogen and oxygen atoms in total. The van der Waals surface area contributed by atoms with Gasteiger partial charge in [0.25, 0.3) is 11.8 Å². The molecule has 0 radical (unpaired) electrons. The molecule has 0 N–H and O–H groups in total. The van der Waals surface area contributed by atoms with E-state index in [0.717, 1.165) is 31.5 Å². The van der Waals surface area contributed by atoms with Crippen LogP contribution >= 0.6 is 0 Å². The van der Waals surface area contributed by atoms with Gasteiger partial charge in [-0.05, 0) is 30.9 Å². The summed E-state index contributed by atoms with van der Waals surface area (Å²) in [7, 11) is 0. The van der Waals surface area contributed by atoms with Gasteiger partial charge in [0.05, 0.1) is 0 Å². The fourth-order valence-electron chi connectivity index (χ4n) is 3.27. The summed E-state index contributed by atoms with van der Waals surface area (Å²) in [6.45, 7) is 9.90. The maximum atomic E-state index is 12.7. The maximum absolute atomic E-state index is 12.7. The molecule has 1 amide bonds. The van der Waals surface area contributed by atoms with Crippen LogP contribution in [0, 0.1) is 5.92 Å². The fourth-order valence-corrected chi connectivity index (χ4v) is 3.27. The number of carbonyl (C=O) groups is 1. The number of rotatable bonds is 3. The second-order valence-corrected chi connectivity index (χ2v) is 8.72. The van der Waals surface area contributed by atoms with E-state index in [1.54, 1.807) is 23.3 Å². The number of likely N-dealkylation sites (tertiary alicyclic amines) is 1. The Morgan fingerprint density at radius 3 is 2.66 bits per heavy atom. The van der Waals surface area contributed by atoms with Crippen LogP contribution in [0.1, 0.15) is 56.8 Å². The molecule has 0 saturated carbocycles. The lowest BCUT2D eigenvalue weighted by Crippen LogP contribution is -2.38. The Kier molecular flexibility index (Phi) is 4.94. The van der Waals surface area contributed by atoms with Crippen molar-refractivity contribution in [2.24, 2.45) is 5.92 Å². The molecule has 1 saturated heterocycles.